The van der Waals surface area contributed by atoms with Gasteiger partial charge in [0.25, 0.3) is 0 Å². The van der Waals surface area contributed by atoms with Gasteiger partial charge < -0.3 is 20.1 Å². The molecule has 1 aliphatic heterocycles. The molecule has 5 nitrogen and oxygen atoms in total. The second-order valence-electron chi connectivity index (χ2n) is 4.50. The molecule has 0 saturated carbocycles. The average molecular weight is 244 g/mol. The molecule has 5 heteroatoms. The highest BCUT2D eigenvalue weighted by molar-refractivity contribution is 5.69. The predicted molar refractivity (Wildman–Crippen MR) is 65.8 cm³/mol. The summed E-state index contributed by atoms with van der Waals surface area (Å²) >= 11 is 0. The third-order valence-electron chi connectivity index (χ3n) is 3.13. The monoisotopic (exact) mass is 244 g/mol. The highest BCUT2D eigenvalue weighted by Gasteiger charge is 2.19. The Balaban J connectivity index is 2.16. The molecule has 0 aromatic carbocycles. The van der Waals surface area contributed by atoms with Crippen LogP contribution in [-0.4, -0.2) is 61.9 Å². The zero-order valence-electron chi connectivity index (χ0n) is 10.7. The van der Waals surface area contributed by atoms with Crippen LogP contribution in [0.2, 0.25) is 0 Å². The van der Waals surface area contributed by atoms with Crippen LogP contribution in [0.5, 0.6) is 0 Å². The summed E-state index contributed by atoms with van der Waals surface area (Å²) in [5.74, 6) is -0.139. The summed E-state index contributed by atoms with van der Waals surface area (Å²) in [5.41, 5.74) is 0. The van der Waals surface area contributed by atoms with Crippen LogP contribution in [0, 0.1) is 0 Å². The Bertz CT molecular complexity index is 224. The van der Waals surface area contributed by atoms with Crippen molar-refractivity contribution < 1.29 is 14.6 Å². The van der Waals surface area contributed by atoms with Crippen LogP contribution >= 0.6 is 0 Å². The van der Waals surface area contributed by atoms with Crippen molar-refractivity contribution in [2.75, 3.05) is 39.9 Å². The first kappa shape index (κ1) is 14.4. The molecule has 0 bridgehead atoms. The Morgan fingerprint density at radius 3 is 3.12 bits per heavy atom. The first-order chi connectivity index (χ1) is 8.26. The second kappa shape index (κ2) is 8.44. The number of methoxy groups -OCH3 is 1. The van der Waals surface area contributed by atoms with Crippen molar-refractivity contribution >= 4 is 5.97 Å². The normalized spacial score (nSPS) is 21.4. The standard InChI is InChI=1S/C12H24N2O3/c1-17-12(16)5-8-14-7-2-4-11(10-14)13-6-3-9-15/h11,13,15H,2-10H2,1H3. The molecular weight excluding hydrogens is 220 g/mol. The predicted octanol–water partition coefficient (Wildman–Crippen LogP) is -0.0141. The molecule has 1 atom stereocenters. The molecule has 1 unspecified atom stereocenters. The maximum atomic E-state index is 11.1. The average Bonchev–Trinajstić information content (AvgIpc) is 2.37. The third kappa shape index (κ3) is 6.00. The van der Waals surface area contributed by atoms with E-state index < -0.39 is 0 Å². The first-order valence-electron chi connectivity index (χ1n) is 6.39. The van der Waals surface area contributed by atoms with E-state index in [2.05, 4.69) is 15.0 Å². The van der Waals surface area contributed by atoms with Crippen LogP contribution in [0.3, 0.4) is 0 Å². The summed E-state index contributed by atoms with van der Waals surface area (Å²) in [7, 11) is 1.43. The van der Waals surface area contributed by atoms with Gasteiger partial charge in [0.2, 0.25) is 0 Å². The van der Waals surface area contributed by atoms with Crippen LogP contribution in [0.1, 0.15) is 25.7 Å². The molecule has 0 amide bonds. The van der Waals surface area contributed by atoms with Crippen molar-refractivity contribution in [3.63, 3.8) is 0 Å². The number of aliphatic hydroxyl groups excluding tert-OH is 1. The SMILES string of the molecule is COC(=O)CCN1CCCC(NCCCO)C1. The number of hydrogen-bond donors (Lipinski definition) is 2. The fourth-order valence-corrected chi connectivity index (χ4v) is 2.16. The molecule has 2 N–H and O–H groups in total. The Labute approximate surface area is 103 Å². The molecule has 0 spiro atoms. The minimum Gasteiger partial charge on any atom is -0.469 e. The third-order valence-corrected chi connectivity index (χ3v) is 3.13. The minimum absolute atomic E-state index is 0.139. The van der Waals surface area contributed by atoms with E-state index in [1.807, 2.05) is 0 Å². The summed E-state index contributed by atoms with van der Waals surface area (Å²) in [6.07, 6.45) is 3.62. The minimum atomic E-state index is -0.139. The zero-order valence-corrected chi connectivity index (χ0v) is 10.7. The van der Waals surface area contributed by atoms with Crippen molar-refractivity contribution in [2.24, 2.45) is 0 Å². The number of aliphatic hydroxyl groups is 1. The lowest BCUT2D eigenvalue weighted by Crippen LogP contribution is -2.46. The smallest absolute Gasteiger partial charge is 0.306 e. The Morgan fingerprint density at radius 2 is 2.41 bits per heavy atom. The highest BCUT2D eigenvalue weighted by Crippen LogP contribution is 2.10. The first-order valence-corrected chi connectivity index (χ1v) is 6.39. The summed E-state index contributed by atoms with van der Waals surface area (Å²) in [5, 5.41) is 12.2. The van der Waals surface area contributed by atoms with Crippen molar-refractivity contribution in [1.29, 1.82) is 0 Å². The molecular formula is C12H24N2O3. The maximum absolute atomic E-state index is 11.1. The molecule has 100 valence electrons. The summed E-state index contributed by atoms with van der Waals surface area (Å²) in [6.45, 7) is 3.94. The number of nitrogens with one attached hydrogen (secondary N) is 1. The lowest BCUT2D eigenvalue weighted by Gasteiger charge is -2.33. The number of esters is 1. The Morgan fingerprint density at radius 1 is 1.59 bits per heavy atom. The van der Waals surface area contributed by atoms with E-state index >= 15 is 0 Å². The van der Waals surface area contributed by atoms with Gasteiger partial charge in [-0.15, -0.1) is 0 Å². The maximum Gasteiger partial charge on any atom is 0.306 e. The van der Waals surface area contributed by atoms with Gasteiger partial charge >= 0.3 is 5.97 Å². The van der Waals surface area contributed by atoms with Crippen LogP contribution < -0.4 is 5.32 Å². The van der Waals surface area contributed by atoms with Gasteiger partial charge in [-0.05, 0) is 32.4 Å². The molecule has 1 rings (SSSR count). The number of rotatable bonds is 7. The second-order valence-corrected chi connectivity index (χ2v) is 4.50. The summed E-state index contributed by atoms with van der Waals surface area (Å²) < 4.78 is 4.64. The molecule has 17 heavy (non-hydrogen) atoms. The van der Waals surface area contributed by atoms with E-state index in [0.717, 1.165) is 39.0 Å². The lowest BCUT2D eigenvalue weighted by atomic mass is 10.1. The quantitative estimate of drug-likeness (QED) is 0.487. The lowest BCUT2D eigenvalue weighted by molar-refractivity contribution is -0.141. The Kier molecular flexibility index (Phi) is 7.16. The van der Waals surface area contributed by atoms with Gasteiger partial charge in [0.05, 0.1) is 13.5 Å². The van der Waals surface area contributed by atoms with Gasteiger partial charge in [0.1, 0.15) is 0 Å². The van der Waals surface area contributed by atoms with Gasteiger partial charge in [-0.2, -0.15) is 0 Å². The molecule has 1 aliphatic rings. The zero-order chi connectivity index (χ0) is 12.5. The number of carbonyl (C=O) groups excluding carboxylic acids is 1. The van der Waals surface area contributed by atoms with E-state index in [4.69, 9.17) is 5.11 Å². The fraction of sp³-hybridized carbons (Fsp3) is 0.917. The van der Waals surface area contributed by atoms with Crippen LogP contribution in [0.25, 0.3) is 0 Å². The Hall–Kier alpha value is -0.650. The van der Waals surface area contributed by atoms with E-state index in [0.29, 0.717) is 12.5 Å². The summed E-state index contributed by atoms with van der Waals surface area (Å²) in [6, 6.07) is 0.493. The number of nitrogens with zero attached hydrogens (tertiary/aromatic N) is 1. The number of hydrogen-bond acceptors (Lipinski definition) is 5. The molecule has 0 radical (unpaired) electrons. The largest absolute Gasteiger partial charge is 0.469 e. The van der Waals surface area contributed by atoms with E-state index in [1.54, 1.807) is 0 Å². The fourth-order valence-electron chi connectivity index (χ4n) is 2.16. The molecule has 1 fully saturated rings. The van der Waals surface area contributed by atoms with Gasteiger partial charge in [-0.25, -0.2) is 0 Å². The highest BCUT2D eigenvalue weighted by atomic mass is 16.5. The van der Waals surface area contributed by atoms with Crippen molar-refractivity contribution in [2.45, 2.75) is 31.7 Å². The van der Waals surface area contributed by atoms with Crippen molar-refractivity contribution in [3.05, 3.63) is 0 Å². The van der Waals surface area contributed by atoms with Crippen LogP contribution in [0.15, 0.2) is 0 Å². The van der Waals surface area contributed by atoms with Gasteiger partial charge in [0, 0.05) is 25.7 Å². The summed E-state index contributed by atoms with van der Waals surface area (Å²) in [4.78, 5) is 13.4. The molecule has 0 aromatic rings. The number of ether oxygens (including phenoxy) is 1. The van der Waals surface area contributed by atoms with E-state index in [9.17, 15) is 4.79 Å². The van der Waals surface area contributed by atoms with Gasteiger partial charge in [-0.1, -0.05) is 0 Å². The number of piperidine rings is 1. The molecule has 1 heterocycles. The number of carbonyl (C=O) groups is 1. The van der Waals surface area contributed by atoms with E-state index in [1.165, 1.54) is 13.5 Å². The van der Waals surface area contributed by atoms with E-state index in [-0.39, 0.29) is 12.6 Å². The van der Waals surface area contributed by atoms with Crippen molar-refractivity contribution in [1.82, 2.24) is 10.2 Å². The van der Waals surface area contributed by atoms with Gasteiger partial charge in [-0.3, -0.25) is 4.79 Å². The van der Waals surface area contributed by atoms with Crippen LogP contribution in [0.4, 0.5) is 0 Å². The molecule has 1 saturated heterocycles. The molecule has 0 aromatic heterocycles. The van der Waals surface area contributed by atoms with Crippen LogP contribution in [-0.2, 0) is 9.53 Å². The topological polar surface area (TPSA) is 61.8 Å². The number of likely N-dealkylation sites (tertiary alicyclic amines) is 1. The molecule has 0 aliphatic carbocycles. The van der Waals surface area contributed by atoms with Crippen molar-refractivity contribution in [3.8, 4) is 0 Å². The van der Waals surface area contributed by atoms with Gasteiger partial charge in [0.15, 0.2) is 0 Å².